The molecule has 156 valence electrons. The van der Waals surface area contributed by atoms with E-state index >= 15 is 0 Å². The molecule has 5 unspecified atom stereocenters. The number of fused-ring (bicyclic) bond motifs is 3. The van der Waals surface area contributed by atoms with Crippen LogP contribution in [0.5, 0.6) is 0 Å². The number of amides is 2. The van der Waals surface area contributed by atoms with Gasteiger partial charge < -0.3 is 0 Å². The van der Waals surface area contributed by atoms with Crippen LogP contribution in [-0.2, 0) is 9.59 Å². The Morgan fingerprint density at radius 1 is 0.786 bits per heavy atom. The van der Waals surface area contributed by atoms with Gasteiger partial charge in [0.1, 0.15) is 0 Å². The van der Waals surface area contributed by atoms with Crippen molar-refractivity contribution in [1.82, 2.24) is 10.9 Å². The Morgan fingerprint density at radius 2 is 1.46 bits per heavy atom. The largest absolute Gasteiger partial charge is 0.289 e. The van der Waals surface area contributed by atoms with Crippen molar-refractivity contribution in [2.45, 2.75) is 77.0 Å². The van der Waals surface area contributed by atoms with Crippen molar-refractivity contribution < 1.29 is 14.8 Å². The molecule has 4 saturated carbocycles. The molecule has 0 radical (unpaired) electrons. The number of hydrazone groups is 1. The van der Waals surface area contributed by atoms with E-state index in [4.69, 9.17) is 5.21 Å². The van der Waals surface area contributed by atoms with E-state index in [-0.39, 0.29) is 23.7 Å². The molecule has 0 bridgehead atoms. The summed E-state index contributed by atoms with van der Waals surface area (Å²) in [4.78, 5) is 23.8. The highest BCUT2D eigenvalue weighted by Gasteiger charge is 2.45. The van der Waals surface area contributed by atoms with Gasteiger partial charge in [0.05, 0.1) is 0 Å². The second kappa shape index (κ2) is 8.93. The summed E-state index contributed by atoms with van der Waals surface area (Å²) < 4.78 is 0. The smallest absolute Gasteiger partial charge is 0.246 e. The maximum atomic E-state index is 12.4. The molecule has 0 spiro atoms. The lowest BCUT2D eigenvalue weighted by Gasteiger charge is -2.34. The fraction of sp³-hybridized carbons (Fsp3) is 0.864. The molecule has 5 atom stereocenters. The van der Waals surface area contributed by atoms with Gasteiger partial charge in [0, 0.05) is 18.1 Å². The van der Waals surface area contributed by atoms with Gasteiger partial charge in [-0.05, 0) is 87.4 Å². The normalized spacial score (nSPS) is 40.5. The zero-order chi connectivity index (χ0) is 19.5. The number of hydroxylamine groups is 1. The molecule has 0 heterocycles. The minimum absolute atomic E-state index is 0.0281. The fourth-order valence-electron chi connectivity index (χ4n) is 6.78. The number of rotatable bonds is 4. The second-order valence-electron chi connectivity index (χ2n) is 9.72. The van der Waals surface area contributed by atoms with Gasteiger partial charge in [-0.1, -0.05) is 19.3 Å². The highest BCUT2D eigenvalue weighted by Crippen LogP contribution is 2.54. The van der Waals surface area contributed by atoms with Crippen molar-refractivity contribution in [3.63, 3.8) is 0 Å². The molecule has 28 heavy (non-hydrogen) atoms. The molecule has 3 N–H and O–H groups in total. The van der Waals surface area contributed by atoms with Crippen molar-refractivity contribution in [1.29, 1.82) is 0 Å². The van der Waals surface area contributed by atoms with Gasteiger partial charge in [-0.3, -0.25) is 14.8 Å². The van der Waals surface area contributed by atoms with E-state index in [0.29, 0.717) is 31.6 Å². The molecule has 6 heteroatoms. The molecular weight excluding hydrogens is 354 g/mol. The Morgan fingerprint density at radius 3 is 2.21 bits per heavy atom. The predicted octanol–water partition coefficient (Wildman–Crippen LogP) is 3.64. The third-order valence-electron chi connectivity index (χ3n) is 8.24. The van der Waals surface area contributed by atoms with Crippen LogP contribution in [0.25, 0.3) is 0 Å². The molecule has 4 fully saturated rings. The van der Waals surface area contributed by atoms with Gasteiger partial charge >= 0.3 is 0 Å². The predicted molar refractivity (Wildman–Crippen MR) is 106 cm³/mol. The van der Waals surface area contributed by atoms with Gasteiger partial charge in [-0.25, -0.2) is 10.9 Å². The van der Waals surface area contributed by atoms with Gasteiger partial charge in [-0.15, -0.1) is 0 Å². The quantitative estimate of drug-likeness (QED) is 0.389. The standard InChI is InChI=1S/C22H35N3O3/c26-21(15-6-8-16(9-7-15)22(27)25-28)24-23-13-14-5-10-20-18(11-14)12-17-3-1-2-4-19(17)20/h13-20,28H,1-12H2,(H,24,26)(H,25,27)/b23-13+. The highest BCUT2D eigenvalue weighted by atomic mass is 16.5. The number of nitrogens with one attached hydrogen (secondary N) is 2. The van der Waals surface area contributed by atoms with Crippen LogP contribution >= 0.6 is 0 Å². The molecule has 0 aromatic carbocycles. The molecule has 0 aromatic rings. The average molecular weight is 390 g/mol. The van der Waals surface area contributed by atoms with Crippen molar-refractivity contribution >= 4 is 18.0 Å². The number of carbonyl (C=O) groups is 2. The van der Waals surface area contributed by atoms with E-state index < -0.39 is 0 Å². The van der Waals surface area contributed by atoms with E-state index in [1.165, 1.54) is 51.4 Å². The van der Waals surface area contributed by atoms with Crippen molar-refractivity contribution in [3.05, 3.63) is 0 Å². The summed E-state index contributed by atoms with van der Waals surface area (Å²) in [6.07, 6.45) is 15.6. The van der Waals surface area contributed by atoms with Gasteiger partial charge in [-0.2, -0.15) is 5.10 Å². The lowest BCUT2D eigenvalue weighted by atomic mass is 9.71. The maximum Gasteiger partial charge on any atom is 0.246 e. The molecule has 0 saturated heterocycles. The molecule has 4 aliphatic carbocycles. The molecule has 4 rings (SSSR count). The first-order chi connectivity index (χ1) is 13.7. The minimum atomic E-state index is -0.334. The van der Waals surface area contributed by atoms with Crippen LogP contribution in [0.3, 0.4) is 0 Å². The first-order valence-corrected chi connectivity index (χ1v) is 11.4. The molecule has 4 aliphatic rings. The van der Waals surface area contributed by atoms with Crippen molar-refractivity contribution in [2.75, 3.05) is 0 Å². The topological polar surface area (TPSA) is 90.8 Å². The van der Waals surface area contributed by atoms with E-state index in [2.05, 4.69) is 10.5 Å². The third kappa shape index (κ3) is 4.27. The zero-order valence-electron chi connectivity index (χ0n) is 16.8. The number of carbonyl (C=O) groups excluding carboxylic acids is 2. The minimum Gasteiger partial charge on any atom is -0.289 e. The van der Waals surface area contributed by atoms with E-state index in [1.54, 1.807) is 5.48 Å². The molecular formula is C22H35N3O3. The molecule has 0 aromatic heterocycles. The molecule has 6 nitrogen and oxygen atoms in total. The van der Waals surface area contributed by atoms with Crippen molar-refractivity contribution in [3.8, 4) is 0 Å². The summed E-state index contributed by atoms with van der Waals surface area (Å²) in [6.45, 7) is 0. The molecule has 2 amide bonds. The lowest BCUT2D eigenvalue weighted by Crippen LogP contribution is -2.35. The summed E-state index contributed by atoms with van der Waals surface area (Å²) in [5.74, 6) is 3.71. The zero-order valence-corrected chi connectivity index (χ0v) is 16.8. The lowest BCUT2D eigenvalue weighted by molar-refractivity contribution is -0.136. The van der Waals surface area contributed by atoms with Gasteiger partial charge in [0.25, 0.3) is 0 Å². The summed E-state index contributed by atoms with van der Waals surface area (Å²) in [6, 6.07) is 0. The van der Waals surface area contributed by atoms with Crippen LogP contribution in [0.15, 0.2) is 5.10 Å². The summed E-state index contributed by atoms with van der Waals surface area (Å²) in [5, 5.41) is 13.0. The maximum absolute atomic E-state index is 12.4. The Hall–Kier alpha value is -1.43. The van der Waals surface area contributed by atoms with Crippen LogP contribution in [0.1, 0.15) is 77.0 Å². The number of hydrogen-bond donors (Lipinski definition) is 3. The first kappa shape index (κ1) is 19.9. The van der Waals surface area contributed by atoms with E-state index in [1.807, 2.05) is 6.21 Å². The Kier molecular flexibility index (Phi) is 6.34. The highest BCUT2D eigenvalue weighted by molar-refractivity contribution is 5.81. The Labute approximate surface area is 167 Å². The first-order valence-electron chi connectivity index (χ1n) is 11.4. The summed E-state index contributed by atoms with van der Waals surface area (Å²) >= 11 is 0. The number of hydrogen-bond acceptors (Lipinski definition) is 4. The van der Waals surface area contributed by atoms with Crippen molar-refractivity contribution in [2.24, 2.45) is 46.5 Å². The summed E-state index contributed by atoms with van der Waals surface area (Å²) in [7, 11) is 0. The Balaban J connectivity index is 1.20. The SMILES string of the molecule is O=C(NO)C1CCC(C(=O)N/N=C/C2CCC3C(C2)CC2CCCCC23)CC1. The van der Waals surface area contributed by atoms with Crippen LogP contribution in [0.2, 0.25) is 0 Å². The third-order valence-corrected chi connectivity index (χ3v) is 8.24. The monoisotopic (exact) mass is 389 g/mol. The molecule has 0 aliphatic heterocycles. The number of nitrogens with zero attached hydrogens (tertiary/aromatic N) is 1. The van der Waals surface area contributed by atoms with Crippen LogP contribution < -0.4 is 10.9 Å². The van der Waals surface area contributed by atoms with Gasteiger partial charge in [0.15, 0.2) is 0 Å². The van der Waals surface area contributed by atoms with Crippen LogP contribution in [0, 0.1) is 41.4 Å². The van der Waals surface area contributed by atoms with Crippen LogP contribution in [-0.4, -0.2) is 23.2 Å². The Bertz CT molecular complexity index is 600. The average Bonchev–Trinajstić information content (AvgIpc) is 3.11. The van der Waals surface area contributed by atoms with Gasteiger partial charge in [0.2, 0.25) is 11.8 Å². The van der Waals surface area contributed by atoms with E-state index in [0.717, 1.165) is 23.7 Å². The summed E-state index contributed by atoms with van der Waals surface area (Å²) in [5.41, 5.74) is 4.47. The fourth-order valence-corrected chi connectivity index (χ4v) is 6.78. The van der Waals surface area contributed by atoms with Crippen LogP contribution in [0.4, 0.5) is 0 Å². The van der Waals surface area contributed by atoms with E-state index in [9.17, 15) is 9.59 Å². The second-order valence-corrected chi connectivity index (χ2v) is 9.72.